The maximum absolute atomic E-state index is 11.1. The van der Waals surface area contributed by atoms with Crippen molar-refractivity contribution in [1.29, 1.82) is 0 Å². The summed E-state index contributed by atoms with van der Waals surface area (Å²) in [6.07, 6.45) is 2.87. The van der Waals surface area contributed by atoms with Gasteiger partial charge in [-0.1, -0.05) is 0 Å². The van der Waals surface area contributed by atoms with E-state index in [0.29, 0.717) is 31.4 Å². The molecule has 2 aromatic rings. The molecule has 1 aliphatic heterocycles. The Hall–Kier alpha value is -2.78. The van der Waals surface area contributed by atoms with E-state index in [2.05, 4.69) is 25.5 Å². The fourth-order valence-corrected chi connectivity index (χ4v) is 2.10. The summed E-state index contributed by atoms with van der Waals surface area (Å²) in [4.78, 5) is 20.5. The van der Waals surface area contributed by atoms with E-state index in [9.17, 15) is 10.1 Å². The van der Waals surface area contributed by atoms with Gasteiger partial charge in [0.05, 0.1) is 11.5 Å². The Morgan fingerprint density at radius 2 is 2.30 bits per heavy atom. The number of hydrogen-bond donors (Lipinski definition) is 1. The molecule has 3 rings (SSSR count). The average molecular weight is 276 g/mol. The van der Waals surface area contributed by atoms with Gasteiger partial charge in [-0.3, -0.25) is 10.1 Å². The smallest absolute Gasteiger partial charge is 0.329 e. The highest BCUT2D eigenvalue weighted by Gasteiger charge is 2.26. The van der Waals surface area contributed by atoms with Gasteiger partial charge in [0.25, 0.3) is 0 Å². The SMILES string of the molecule is CNc1ncc([N+](=O)[O-])c(N2CCn3cnnc3C2)n1. The zero-order valence-corrected chi connectivity index (χ0v) is 10.7. The molecular weight excluding hydrogens is 264 g/mol. The number of nitro groups is 1. The first-order valence-electron chi connectivity index (χ1n) is 6.00. The van der Waals surface area contributed by atoms with Crippen molar-refractivity contribution in [3.63, 3.8) is 0 Å². The lowest BCUT2D eigenvalue weighted by Crippen LogP contribution is -2.34. The van der Waals surface area contributed by atoms with Crippen molar-refractivity contribution in [3.05, 3.63) is 28.5 Å². The second-order valence-corrected chi connectivity index (χ2v) is 4.27. The largest absolute Gasteiger partial charge is 0.357 e. The van der Waals surface area contributed by atoms with Gasteiger partial charge in [-0.15, -0.1) is 10.2 Å². The van der Waals surface area contributed by atoms with Crippen molar-refractivity contribution in [1.82, 2.24) is 24.7 Å². The van der Waals surface area contributed by atoms with Gasteiger partial charge in [0.2, 0.25) is 11.8 Å². The molecule has 0 spiro atoms. The quantitative estimate of drug-likeness (QED) is 0.617. The van der Waals surface area contributed by atoms with Crippen LogP contribution in [0.1, 0.15) is 5.82 Å². The molecule has 20 heavy (non-hydrogen) atoms. The molecule has 0 saturated heterocycles. The van der Waals surface area contributed by atoms with Crippen LogP contribution in [-0.2, 0) is 13.1 Å². The van der Waals surface area contributed by atoms with Crippen LogP contribution in [0.5, 0.6) is 0 Å². The van der Waals surface area contributed by atoms with Crippen LogP contribution in [0.25, 0.3) is 0 Å². The van der Waals surface area contributed by atoms with E-state index < -0.39 is 4.92 Å². The molecule has 0 radical (unpaired) electrons. The first-order chi connectivity index (χ1) is 9.69. The lowest BCUT2D eigenvalue weighted by atomic mass is 10.3. The summed E-state index contributed by atoms with van der Waals surface area (Å²) in [5.41, 5.74) is -0.114. The van der Waals surface area contributed by atoms with E-state index in [1.165, 1.54) is 6.20 Å². The maximum atomic E-state index is 11.1. The second-order valence-electron chi connectivity index (χ2n) is 4.27. The lowest BCUT2D eigenvalue weighted by Gasteiger charge is -2.27. The van der Waals surface area contributed by atoms with Gasteiger partial charge in [0.15, 0.2) is 5.82 Å². The Balaban J connectivity index is 1.99. The topological polar surface area (TPSA) is 115 Å². The molecule has 0 amide bonds. The standard InChI is InChI=1S/C10H12N8O2/c1-11-10-12-4-7(18(19)20)9(14-10)16-2-3-17-6-13-15-8(17)5-16/h4,6H,2-3,5H2,1H3,(H,11,12,14). The predicted octanol–water partition coefficient (Wildman–Crippen LogP) is 0.0382. The normalized spacial score (nSPS) is 13.9. The predicted molar refractivity (Wildman–Crippen MR) is 69.3 cm³/mol. The first kappa shape index (κ1) is 12.3. The molecule has 0 aromatic carbocycles. The van der Waals surface area contributed by atoms with Crippen LogP contribution in [0, 0.1) is 10.1 Å². The number of fused-ring (bicyclic) bond motifs is 1. The van der Waals surface area contributed by atoms with Gasteiger partial charge < -0.3 is 14.8 Å². The molecule has 1 aliphatic rings. The molecule has 0 unspecified atom stereocenters. The molecular formula is C10H12N8O2. The highest BCUT2D eigenvalue weighted by molar-refractivity contribution is 5.59. The van der Waals surface area contributed by atoms with E-state index in [-0.39, 0.29) is 5.69 Å². The van der Waals surface area contributed by atoms with E-state index in [1.54, 1.807) is 13.4 Å². The van der Waals surface area contributed by atoms with Crippen molar-refractivity contribution in [2.24, 2.45) is 0 Å². The summed E-state index contributed by atoms with van der Waals surface area (Å²) in [6.45, 7) is 1.70. The highest BCUT2D eigenvalue weighted by Crippen LogP contribution is 2.28. The minimum Gasteiger partial charge on any atom is -0.357 e. The van der Waals surface area contributed by atoms with Crippen LogP contribution in [0.15, 0.2) is 12.5 Å². The second kappa shape index (κ2) is 4.72. The van der Waals surface area contributed by atoms with Crippen LogP contribution < -0.4 is 10.2 Å². The summed E-state index contributed by atoms with van der Waals surface area (Å²) in [5.74, 6) is 1.40. The Morgan fingerprint density at radius 3 is 3.05 bits per heavy atom. The fraction of sp³-hybridized carbons (Fsp3) is 0.400. The highest BCUT2D eigenvalue weighted by atomic mass is 16.6. The number of hydrogen-bond acceptors (Lipinski definition) is 8. The number of nitrogens with zero attached hydrogens (tertiary/aromatic N) is 7. The minimum absolute atomic E-state index is 0.114. The molecule has 0 fully saturated rings. The van der Waals surface area contributed by atoms with Gasteiger partial charge in [-0.05, 0) is 0 Å². The van der Waals surface area contributed by atoms with E-state index >= 15 is 0 Å². The van der Waals surface area contributed by atoms with Crippen molar-refractivity contribution in [2.75, 3.05) is 23.8 Å². The van der Waals surface area contributed by atoms with Crippen molar-refractivity contribution in [2.45, 2.75) is 13.1 Å². The molecule has 10 nitrogen and oxygen atoms in total. The summed E-state index contributed by atoms with van der Waals surface area (Å²) < 4.78 is 1.92. The van der Waals surface area contributed by atoms with Gasteiger partial charge in [-0.2, -0.15) is 4.98 Å². The Labute approximate surface area is 113 Å². The number of anilines is 2. The van der Waals surface area contributed by atoms with Crippen LogP contribution in [0.2, 0.25) is 0 Å². The van der Waals surface area contributed by atoms with Crippen molar-refractivity contribution >= 4 is 17.5 Å². The van der Waals surface area contributed by atoms with Crippen LogP contribution in [-0.4, -0.2) is 43.2 Å². The Morgan fingerprint density at radius 1 is 1.45 bits per heavy atom. The molecule has 104 valence electrons. The Bertz CT molecular complexity index is 654. The monoisotopic (exact) mass is 276 g/mol. The van der Waals surface area contributed by atoms with Gasteiger partial charge >= 0.3 is 5.69 Å². The molecule has 0 saturated carbocycles. The zero-order chi connectivity index (χ0) is 14.1. The average Bonchev–Trinajstić information content (AvgIpc) is 2.93. The van der Waals surface area contributed by atoms with E-state index in [0.717, 1.165) is 5.82 Å². The molecule has 0 atom stereocenters. The van der Waals surface area contributed by atoms with E-state index in [4.69, 9.17) is 0 Å². The molecule has 10 heteroatoms. The lowest BCUT2D eigenvalue weighted by molar-refractivity contribution is -0.384. The zero-order valence-electron chi connectivity index (χ0n) is 10.7. The third kappa shape index (κ3) is 2.00. The number of aromatic nitrogens is 5. The summed E-state index contributed by atoms with van der Waals surface area (Å²) >= 11 is 0. The van der Waals surface area contributed by atoms with Crippen LogP contribution in [0.3, 0.4) is 0 Å². The fourth-order valence-electron chi connectivity index (χ4n) is 2.10. The van der Waals surface area contributed by atoms with Gasteiger partial charge in [0.1, 0.15) is 12.5 Å². The van der Waals surface area contributed by atoms with Gasteiger partial charge in [-0.25, -0.2) is 4.98 Å². The third-order valence-corrected chi connectivity index (χ3v) is 3.11. The van der Waals surface area contributed by atoms with Crippen molar-refractivity contribution < 1.29 is 4.92 Å². The summed E-state index contributed by atoms with van der Waals surface area (Å²) in [5, 5.41) is 21.7. The number of rotatable bonds is 3. The van der Waals surface area contributed by atoms with Crippen LogP contribution in [0.4, 0.5) is 17.5 Å². The van der Waals surface area contributed by atoms with E-state index in [1.807, 2.05) is 9.47 Å². The third-order valence-electron chi connectivity index (χ3n) is 3.11. The molecule has 2 aromatic heterocycles. The maximum Gasteiger partial charge on any atom is 0.329 e. The van der Waals surface area contributed by atoms with Gasteiger partial charge in [0, 0.05) is 20.1 Å². The summed E-state index contributed by atoms with van der Waals surface area (Å²) in [7, 11) is 1.66. The van der Waals surface area contributed by atoms with Crippen molar-refractivity contribution in [3.8, 4) is 0 Å². The molecule has 0 aliphatic carbocycles. The number of nitrogens with one attached hydrogen (secondary N) is 1. The Kier molecular flexibility index (Phi) is 2.89. The molecule has 1 N–H and O–H groups in total. The first-order valence-corrected chi connectivity index (χ1v) is 6.00. The molecule has 0 bridgehead atoms. The molecule has 3 heterocycles. The minimum atomic E-state index is -0.478. The van der Waals surface area contributed by atoms with Crippen LogP contribution >= 0.6 is 0 Å². The summed E-state index contributed by atoms with van der Waals surface area (Å²) in [6, 6.07) is 0.